The van der Waals surface area contributed by atoms with E-state index in [0.29, 0.717) is 19.0 Å². The average molecular weight is 283 g/mol. The van der Waals surface area contributed by atoms with Crippen LogP contribution >= 0.6 is 0 Å². The summed E-state index contributed by atoms with van der Waals surface area (Å²) in [5.74, 6) is 0.720. The maximum atomic E-state index is 12.2. The Balaban J connectivity index is 2.56. The predicted octanol–water partition coefficient (Wildman–Crippen LogP) is 2.92. The Kier molecular flexibility index (Phi) is 6.98. The SMILES string of the molecule is CCNC(=NCC(F)F)NCC(C)c1cccc(C)c1. The van der Waals surface area contributed by atoms with E-state index in [1.54, 1.807) is 0 Å². The van der Waals surface area contributed by atoms with Crippen LogP contribution in [0.5, 0.6) is 0 Å². The van der Waals surface area contributed by atoms with Crippen LogP contribution in [0.1, 0.15) is 30.9 Å². The quantitative estimate of drug-likeness (QED) is 0.622. The van der Waals surface area contributed by atoms with Crippen LogP contribution in [0.15, 0.2) is 29.3 Å². The molecule has 0 aromatic heterocycles. The molecule has 3 nitrogen and oxygen atoms in total. The van der Waals surface area contributed by atoms with E-state index in [2.05, 4.69) is 47.7 Å². The maximum absolute atomic E-state index is 12.2. The van der Waals surface area contributed by atoms with Gasteiger partial charge >= 0.3 is 0 Å². The van der Waals surface area contributed by atoms with Crippen molar-refractivity contribution < 1.29 is 8.78 Å². The highest BCUT2D eigenvalue weighted by molar-refractivity contribution is 5.79. The van der Waals surface area contributed by atoms with Crippen molar-refractivity contribution >= 4 is 5.96 Å². The fourth-order valence-corrected chi connectivity index (χ4v) is 1.85. The standard InChI is InChI=1S/C15H23F2N3/c1-4-18-15(20-10-14(16)17)19-9-12(3)13-7-5-6-11(2)8-13/h5-8,12,14H,4,9-10H2,1-3H3,(H2,18,19,20). The predicted molar refractivity (Wildman–Crippen MR) is 79.6 cm³/mol. The minimum atomic E-state index is -2.42. The second kappa shape index (κ2) is 8.51. The molecule has 1 atom stereocenters. The zero-order chi connectivity index (χ0) is 15.0. The number of benzene rings is 1. The molecule has 5 heteroatoms. The number of nitrogens with zero attached hydrogens (tertiary/aromatic N) is 1. The third kappa shape index (κ3) is 5.99. The van der Waals surface area contributed by atoms with E-state index in [9.17, 15) is 8.78 Å². The lowest BCUT2D eigenvalue weighted by molar-refractivity contribution is 0.158. The van der Waals surface area contributed by atoms with Crippen LogP contribution in [0.2, 0.25) is 0 Å². The molecule has 0 bridgehead atoms. The van der Waals surface area contributed by atoms with Crippen molar-refractivity contribution in [2.24, 2.45) is 4.99 Å². The summed E-state index contributed by atoms with van der Waals surface area (Å²) >= 11 is 0. The Bertz CT molecular complexity index is 433. The molecule has 1 aromatic rings. The van der Waals surface area contributed by atoms with E-state index in [1.807, 2.05) is 13.0 Å². The van der Waals surface area contributed by atoms with Crippen LogP contribution in [0.3, 0.4) is 0 Å². The van der Waals surface area contributed by atoms with E-state index in [4.69, 9.17) is 0 Å². The molecular weight excluding hydrogens is 260 g/mol. The molecule has 0 aliphatic rings. The molecule has 0 aliphatic heterocycles. The molecule has 0 fully saturated rings. The van der Waals surface area contributed by atoms with E-state index in [-0.39, 0.29) is 5.92 Å². The molecule has 1 unspecified atom stereocenters. The fourth-order valence-electron chi connectivity index (χ4n) is 1.85. The smallest absolute Gasteiger partial charge is 0.257 e. The summed E-state index contributed by atoms with van der Waals surface area (Å²) < 4.78 is 24.4. The van der Waals surface area contributed by atoms with Gasteiger partial charge in [0.05, 0.1) is 0 Å². The second-order valence-corrected chi connectivity index (χ2v) is 4.81. The van der Waals surface area contributed by atoms with Crippen molar-refractivity contribution in [2.45, 2.75) is 33.1 Å². The summed E-state index contributed by atoms with van der Waals surface area (Å²) in [5, 5.41) is 6.06. The molecule has 112 valence electrons. The van der Waals surface area contributed by atoms with Crippen molar-refractivity contribution in [1.29, 1.82) is 0 Å². The number of aliphatic imine (C=N–C) groups is 1. The normalized spacial score (nSPS) is 13.4. The monoisotopic (exact) mass is 283 g/mol. The zero-order valence-corrected chi connectivity index (χ0v) is 12.3. The van der Waals surface area contributed by atoms with Crippen LogP contribution in [-0.2, 0) is 0 Å². The first kappa shape index (κ1) is 16.4. The van der Waals surface area contributed by atoms with Gasteiger partial charge in [-0.15, -0.1) is 0 Å². The lowest BCUT2D eigenvalue weighted by Gasteiger charge is -2.16. The number of aryl methyl sites for hydroxylation is 1. The highest BCUT2D eigenvalue weighted by atomic mass is 19.3. The van der Waals surface area contributed by atoms with Gasteiger partial charge in [0, 0.05) is 13.1 Å². The van der Waals surface area contributed by atoms with Gasteiger partial charge < -0.3 is 10.6 Å². The molecule has 1 aromatic carbocycles. The highest BCUT2D eigenvalue weighted by Gasteiger charge is 2.07. The largest absolute Gasteiger partial charge is 0.357 e. The summed E-state index contributed by atoms with van der Waals surface area (Å²) in [6.45, 7) is 6.88. The fraction of sp³-hybridized carbons (Fsp3) is 0.533. The molecule has 0 radical (unpaired) electrons. The summed E-state index contributed by atoms with van der Waals surface area (Å²) in [7, 11) is 0. The third-order valence-electron chi connectivity index (χ3n) is 2.92. The van der Waals surface area contributed by atoms with Crippen LogP contribution in [0.25, 0.3) is 0 Å². The van der Waals surface area contributed by atoms with Gasteiger partial charge in [-0.05, 0) is 25.3 Å². The molecule has 0 saturated carbocycles. The van der Waals surface area contributed by atoms with Crippen LogP contribution < -0.4 is 10.6 Å². The molecule has 0 aliphatic carbocycles. The first-order valence-corrected chi connectivity index (χ1v) is 6.89. The highest BCUT2D eigenvalue weighted by Crippen LogP contribution is 2.15. The van der Waals surface area contributed by atoms with Crippen LogP contribution in [0.4, 0.5) is 8.78 Å². The van der Waals surface area contributed by atoms with E-state index >= 15 is 0 Å². The topological polar surface area (TPSA) is 36.4 Å². The molecule has 0 spiro atoms. The summed E-state index contributed by atoms with van der Waals surface area (Å²) in [4.78, 5) is 3.84. The molecular formula is C15H23F2N3. The minimum absolute atomic E-state index is 0.283. The molecule has 2 N–H and O–H groups in total. The Morgan fingerprint density at radius 3 is 2.65 bits per heavy atom. The summed E-state index contributed by atoms with van der Waals surface area (Å²) in [5.41, 5.74) is 2.44. The van der Waals surface area contributed by atoms with Gasteiger partial charge in [0.15, 0.2) is 5.96 Å². The Hall–Kier alpha value is -1.65. The minimum Gasteiger partial charge on any atom is -0.357 e. The zero-order valence-electron chi connectivity index (χ0n) is 12.3. The Morgan fingerprint density at radius 1 is 1.30 bits per heavy atom. The van der Waals surface area contributed by atoms with Gasteiger partial charge in [0.25, 0.3) is 6.43 Å². The van der Waals surface area contributed by atoms with Gasteiger partial charge in [0.1, 0.15) is 6.54 Å². The molecule has 20 heavy (non-hydrogen) atoms. The first-order chi connectivity index (χ1) is 9.52. The lowest BCUT2D eigenvalue weighted by atomic mass is 9.99. The van der Waals surface area contributed by atoms with Crippen molar-refractivity contribution in [1.82, 2.24) is 10.6 Å². The molecule has 1 rings (SSSR count). The van der Waals surface area contributed by atoms with Gasteiger partial charge in [0.2, 0.25) is 0 Å². The lowest BCUT2D eigenvalue weighted by Crippen LogP contribution is -2.39. The first-order valence-electron chi connectivity index (χ1n) is 6.89. The van der Waals surface area contributed by atoms with Crippen molar-refractivity contribution in [3.8, 4) is 0 Å². The Morgan fingerprint density at radius 2 is 2.05 bits per heavy atom. The number of hydrogen-bond acceptors (Lipinski definition) is 1. The summed E-state index contributed by atoms with van der Waals surface area (Å²) in [6.07, 6.45) is -2.42. The van der Waals surface area contributed by atoms with Gasteiger partial charge in [-0.25, -0.2) is 13.8 Å². The van der Waals surface area contributed by atoms with E-state index in [1.165, 1.54) is 11.1 Å². The number of rotatable bonds is 6. The maximum Gasteiger partial charge on any atom is 0.257 e. The van der Waals surface area contributed by atoms with E-state index in [0.717, 1.165) is 0 Å². The number of halogens is 2. The van der Waals surface area contributed by atoms with Gasteiger partial charge in [-0.2, -0.15) is 0 Å². The molecule has 0 heterocycles. The van der Waals surface area contributed by atoms with Gasteiger partial charge in [-0.3, -0.25) is 0 Å². The van der Waals surface area contributed by atoms with Crippen molar-refractivity contribution in [3.63, 3.8) is 0 Å². The summed E-state index contributed by atoms with van der Waals surface area (Å²) in [6, 6.07) is 8.28. The molecule has 0 amide bonds. The van der Waals surface area contributed by atoms with Crippen molar-refractivity contribution in [2.75, 3.05) is 19.6 Å². The number of hydrogen-bond donors (Lipinski definition) is 2. The number of alkyl halides is 2. The van der Waals surface area contributed by atoms with Crippen molar-refractivity contribution in [3.05, 3.63) is 35.4 Å². The van der Waals surface area contributed by atoms with Crippen LogP contribution in [0, 0.1) is 6.92 Å². The number of guanidine groups is 1. The van der Waals surface area contributed by atoms with Gasteiger partial charge in [-0.1, -0.05) is 36.8 Å². The Labute approximate surface area is 119 Å². The third-order valence-corrected chi connectivity index (χ3v) is 2.92. The number of nitrogens with one attached hydrogen (secondary N) is 2. The molecule has 0 saturated heterocycles. The average Bonchev–Trinajstić information content (AvgIpc) is 2.41. The van der Waals surface area contributed by atoms with E-state index < -0.39 is 13.0 Å². The van der Waals surface area contributed by atoms with Crippen LogP contribution in [-0.4, -0.2) is 32.0 Å². The second-order valence-electron chi connectivity index (χ2n) is 4.81.